The Bertz CT molecular complexity index is 209. The monoisotopic (exact) mass is 171 g/mol. The van der Waals surface area contributed by atoms with Crippen LogP contribution in [-0.4, -0.2) is 16.5 Å². The van der Waals surface area contributed by atoms with Crippen molar-refractivity contribution in [3.8, 4) is 0 Å². The highest BCUT2D eigenvalue weighted by molar-refractivity contribution is 6.30. The Morgan fingerprint density at radius 1 is 1.45 bits per heavy atom. The van der Waals surface area contributed by atoms with Gasteiger partial charge in [0.15, 0.2) is 0 Å². The van der Waals surface area contributed by atoms with E-state index in [9.17, 15) is 0 Å². The summed E-state index contributed by atoms with van der Waals surface area (Å²) in [6.45, 7) is 2.98. The maximum atomic E-state index is 5.59. The fraction of sp³-hybridized carbons (Fsp3) is 0.429. The van der Waals surface area contributed by atoms with Gasteiger partial charge in [0.1, 0.15) is 0 Å². The minimum Gasteiger partial charge on any atom is -0.354 e. The molecule has 0 aliphatic heterocycles. The molecule has 1 aromatic heterocycles. The lowest BCUT2D eigenvalue weighted by molar-refractivity contribution is 0.952. The predicted molar refractivity (Wildman–Crippen MR) is 45.8 cm³/mol. The van der Waals surface area contributed by atoms with E-state index < -0.39 is 0 Å². The number of aromatic nitrogens is 2. The Labute approximate surface area is 70.8 Å². The first-order valence-electron chi connectivity index (χ1n) is 3.54. The van der Waals surface area contributed by atoms with E-state index in [0.717, 1.165) is 13.0 Å². The normalized spacial score (nSPS) is 9.64. The lowest BCUT2D eigenvalue weighted by Crippen LogP contribution is -2.03. The number of nitrogens with zero attached hydrogens (tertiary/aromatic N) is 2. The minimum absolute atomic E-state index is 0.562. The molecule has 4 heteroatoms. The highest BCUT2D eigenvalue weighted by Gasteiger charge is 1.92. The van der Waals surface area contributed by atoms with Gasteiger partial charge < -0.3 is 5.32 Å². The molecule has 0 aliphatic carbocycles. The molecule has 60 valence electrons. The molecule has 1 heterocycles. The number of rotatable bonds is 3. The molecule has 1 rings (SSSR count). The third kappa shape index (κ3) is 2.72. The molecule has 11 heavy (non-hydrogen) atoms. The number of halogens is 1. The standard InChI is InChI=1S/C7H10ClN3/c1-2-3-9-7-10-4-6(8)5-11-7/h4-5H,2-3H2,1H3,(H,9,10,11). The number of hydrogen-bond acceptors (Lipinski definition) is 3. The van der Waals surface area contributed by atoms with Gasteiger partial charge in [0.25, 0.3) is 0 Å². The fourth-order valence-corrected chi connectivity index (χ4v) is 0.738. The molecule has 0 amide bonds. The van der Waals surface area contributed by atoms with Crippen LogP contribution >= 0.6 is 11.6 Å². The van der Waals surface area contributed by atoms with Crippen LogP contribution in [0.2, 0.25) is 5.02 Å². The molecule has 0 saturated heterocycles. The second-order valence-corrected chi connectivity index (χ2v) is 2.59. The van der Waals surface area contributed by atoms with E-state index >= 15 is 0 Å². The van der Waals surface area contributed by atoms with Gasteiger partial charge in [-0.25, -0.2) is 9.97 Å². The van der Waals surface area contributed by atoms with Crippen LogP contribution < -0.4 is 5.32 Å². The third-order valence-corrected chi connectivity index (χ3v) is 1.35. The van der Waals surface area contributed by atoms with Crippen LogP contribution in [-0.2, 0) is 0 Å². The van der Waals surface area contributed by atoms with Crippen molar-refractivity contribution in [2.45, 2.75) is 13.3 Å². The quantitative estimate of drug-likeness (QED) is 0.756. The Balaban J connectivity index is 2.52. The van der Waals surface area contributed by atoms with Crippen molar-refractivity contribution in [3.63, 3.8) is 0 Å². The van der Waals surface area contributed by atoms with Crippen LogP contribution in [0.5, 0.6) is 0 Å². The second kappa shape index (κ2) is 4.13. The smallest absolute Gasteiger partial charge is 0.222 e. The van der Waals surface area contributed by atoms with E-state index in [2.05, 4.69) is 22.2 Å². The Kier molecular flexibility index (Phi) is 3.11. The zero-order chi connectivity index (χ0) is 8.10. The van der Waals surface area contributed by atoms with Gasteiger partial charge in [-0.1, -0.05) is 18.5 Å². The molecule has 3 nitrogen and oxygen atoms in total. The summed E-state index contributed by atoms with van der Waals surface area (Å²) in [5.41, 5.74) is 0. The van der Waals surface area contributed by atoms with E-state index in [4.69, 9.17) is 11.6 Å². The first kappa shape index (κ1) is 8.27. The molecule has 0 bridgehead atoms. The van der Waals surface area contributed by atoms with Crippen LogP contribution in [0, 0.1) is 0 Å². The molecular weight excluding hydrogens is 162 g/mol. The first-order chi connectivity index (χ1) is 5.33. The van der Waals surface area contributed by atoms with Crippen LogP contribution in [0.4, 0.5) is 5.95 Å². The van der Waals surface area contributed by atoms with Gasteiger partial charge in [0.2, 0.25) is 5.95 Å². The number of anilines is 1. The maximum absolute atomic E-state index is 5.59. The summed E-state index contributed by atoms with van der Waals surface area (Å²) in [6.07, 6.45) is 4.21. The van der Waals surface area contributed by atoms with Crippen LogP contribution in [0.25, 0.3) is 0 Å². The maximum Gasteiger partial charge on any atom is 0.222 e. The summed E-state index contributed by atoms with van der Waals surface area (Å²) in [4.78, 5) is 7.92. The van der Waals surface area contributed by atoms with Gasteiger partial charge in [0, 0.05) is 6.54 Å². The Hall–Kier alpha value is -0.830. The zero-order valence-electron chi connectivity index (χ0n) is 6.34. The van der Waals surface area contributed by atoms with Gasteiger partial charge in [-0.15, -0.1) is 0 Å². The highest BCUT2D eigenvalue weighted by Crippen LogP contribution is 2.04. The number of nitrogens with one attached hydrogen (secondary N) is 1. The van der Waals surface area contributed by atoms with Crippen LogP contribution in [0.1, 0.15) is 13.3 Å². The minimum atomic E-state index is 0.562. The third-order valence-electron chi connectivity index (χ3n) is 1.15. The molecule has 0 radical (unpaired) electrons. The van der Waals surface area contributed by atoms with Gasteiger partial charge in [-0.3, -0.25) is 0 Å². The zero-order valence-corrected chi connectivity index (χ0v) is 7.10. The second-order valence-electron chi connectivity index (χ2n) is 2.15. The van der Waals surface area contributed by atoms with Crippen molar-refractivity contribution in [3.05, 3.63) is 17.4 Å². The summed E-state index contributed by atoms with van der Waals surface area (Å²) in [7, 11) is 0. The average Bonchev–Trinajstić information content (AvgIpc) is 2.04. The molecule has 0 aliphatic rings. The van der Waals surface area contributed by atoms with Crippen molar-refractivity contribution in [2.75, 3.05) is 11.9 Å². The van der Waals surface area contributed by atoms with Gasteiger partial charge >= 0.3 is 0 Å². The van der Waals surface area contributed by atoms with E-state index in [-0.39, 0.29) is 0 Å². The molecule has 0 atom stereocenters. The first-order valence-corrected chi connectivity index (χ1v) is 3.92. The summed E-state index contributed by atoms with van der Waals surface area (Å²) < 4.78 is 0. The van der Waals surface area contributed by atoms with Crippen molar-refractivity contribution < 1.29 is 0 Å². The SMILES string of the molecule is CCCNc1ncc(Cl)cn1. The Morgan fingerprint density at radius 2 is 2.09 bits per heavy atom. The molecular formula is C7H10ClN3. The van der Waals surface area contributed by atoms with Crippen molar-refractivity contribution in [1.82, 2.24) is 9.97 Å². The summed E-state index contributed by atoms with van der Waals surface area (Å²) in [6, 6.07) is 0. The lowest BCUT2D eigenvalue weighted by atomic mass is 10.5. The predicted octanol–water partition coefficient (Wildman–Crippen LogP) is 1.95. The van der Waals surface area contributed by atoms with Gasteiger partial charge in [-0.2, -0.15) is 0 Å². The van der Waals surface area contributed by atoms with Crippen molar-refractivity contribution in [2.24, 2.45) is 0 Å². The molecule has 0 spiro atoms. The van der Waals surface area contributed by atoms with Gasteiger partial charge in [-0.05, 0) is 6.42 Å². The van der Waals surface area contributed by atoms with E-state index in [1.165, 1.54) is 0 Å². The van der Waals surface area contributed by atoms with E-state index in [0.29, 0.717) is 11.0 Å². The van der Waals surface area contributed by atoms with E-state index in [1.807, 2.05) is 0 Å². The summed E-state index contributed by atoms with van der Waals surface area (Å²) in [5, 5.41) is 3.60. The van der Waals surface area contributed by atoms with Gasteiger partial charge in [0.05, 0.1) is 17.4 Å². The number of hydrogen-bond donors (Lipinski definition) is 1. The summed E-state index contributed by atoms with van der Waals surface area (Å²) in [5.74, 6) is 0.635. The molecule has 1 aromatic rings. The topological polar surface area (TPSA) is 37.8 Å². The fourth-order valence-electron chi connectivity index (χ4n) is 0.640. The largest absolute Gasteiger partial charge is 0.354 e. The average molecular weight is 172 g/mol. The summed E-state index contributed by atoms with van der Waals surface area (Å²) >= 11 is 5.59. The van der Waals surface area contributed by atoms with Crippen LogP contribution in [0.15, 0.2) is 12.4 Å². The van der Waals surface area contributed by atoms with Crippen molar-refractivity contribution in [1.29, 1.82) is 0 Å². The molecule has 0 unspecified atom stereocenters. The molecule has 0 aromatic carbocycles. The lowest BCUT2D eigenvalue weighted by Gasteiger charge is -2.00. The Morgan fingerprint density at radius 3 is 2.64 bits per heavy atom. The molecule has 0 fully saturated rings. The molecule has 1 N–H and O–H groups in total. The van der Waals surface area contributed by atoms with Crippen LogP contribution in [0.3, 0.4) is 0 Å². The highest BCUT2D eigenvalue weighted by atomic mass is 35.5. The van der Waals surface area contributed by atoms with E-state index in [1.54, 1.807) is 12.4 Å². The molecule has 0 saturated carbocycles. The van der Waals surface area contributed by atoms with Crippen molar-refractivity contribution >= 4 is 17.5 Å².